The van der Waals surface area contributed by atoms with Gasteiger partial charge in [-0.2, -0.15) is 0 Å². The molecule has 1 rings (SSSR count). The molecule has 1 atom stereocenters. The SMILES string of the molecule is C=CC(O)C1C(C)(C)C1(C)C. The summed E-state index contributed by atoms with van der Waals surface area (Å²) in [5, 5.41) is 9.55. The topological polar surface area (TPSA) is 20.2 Å². The molecule has 1 N–H and O–H groups in total. The van der Waals surface area contributed by atoms with Crippen molar-refractivity contribution < 1.29 is 5.11 Å². The Kier molecular flexibility index (Phi) is 1.68. The van der Waals surface area contributed by atoms with E-state index < -0.39 is 0 Å². The van der Waals surface area contributed by atoms with Gasteiger partial charge in [-0.3, -0.25) is 0 Å². The van der Waals surface area contributed by atoms with Gasteiger partial charge in [0.05, 0.1) is 6.10 Å². The molecule has 0 bridgehead atoms. The van der Waals surface area contributed by atoms with Crippen LogP contribution >= 0.6 is 0 Å². The Bertz CT molecular complexity index is 165. The van der Waals surface area contributed by atoms with Crippen molar-refractivity contribution in [2.24, 2.45) is 16.7 Å². The highest BCUT2D eigenvalue weighted by molar-refractivity contribution is 5.17. The van der Waals surface area contributed by atoms with Crippen LogP contribution in [0.2, 0.25) is 0 Å². The maximum Gasteiger partial charge on any atom is 0.0757 e. The fraction of sp³-hybridized carbons (Fsp3) is 0.800. The van der Waals surface area contributed by atoms with Crippen LogP contribution in [0.15, 0.2) is 12.7 Å². The Balaban J connectivity index is 2.74. The van der Waals surface area contributed by atoms with Crippen LogP contribution in [0.1, 0.15) is 27.7 Å². The summed E-state index contributed by atoms with van der Waals surface area (Å²) in [5.41, 5.74) is 0.529. The number of aliphatic hydroxyl groups is 1. The lowest BCUT2D eigenvalue weighted by Gasteiger charge is -2.05. The predicted molar refractivity (Wildman–Crippen MR) is 47.3 cm³/mol. The molecule has 0 aromatic rings. The van der Waals surface area contributed by atoms with Crippen molar-refractivity contribution in [3.63, 3.8) is 0 Å². The summed E-state index contributed by atoms with van der Waals surface area (Å²) in [6.45, 7) is 12.4. The minimum atomic E-state index is -0.333. The van der Waals surface area contributed by atoms with Gasteiger partial charge in [-0.1, -0.05) is 33.8 Å². The van der Waals surface area contributed by atoms with E-state index in [2.05, 4.69) is 34.3 Å². The molecule has 1 aliphatic rings. The zero-order valence-corrected chi connectivity index (χ0v) is 7.89. The van der Waals surface area contributed by atoms with E-state index in [0.29, 0.717) is 5.92 Å². The summed E-state index contributed by atoms with van der Waals surface area (Å²) in [6.07, 6.45) is 1.31. The molecule has 0 spiro atoms. The van der Waals surface area contributed by atoms with Gasteiger partial charge in [-0.05, 0) is 16.7 Å². The summed E-state index contributed by atoms with van der Waals surface area (Å²) >= 11 is 0. The zero-order chi connectivity index (χ0) is 8.86. The van der Waals surface area contributed by atoms with Crippen molar-refractivity contribution in [1.82, 2.24) is 0 Å². The molecule has 1 unspecified atom stereocenters. The molecule has 0 aliphatic heterocycles. The first-order chi connectivity index (χ1) is 4.85. The highest BCUT2D eigenvalue weighted by Gasteiger charge is 2.66. The molecular weight excluding hydrogens is 136 g/mol. The second kappa shape index (κ2) is 2.10. The quantitative estimate of drug-likeness (QED) is 0.605. The smallest absolute Gasteiger partial charge is 0.0757 e. The highest BCUT2D eigenvalue weighted by atomic mass is 16.3. The third kappa shape index (κ3) is 0.943. The zero-order valence-electron chi connectivity index (χ0n) is 7.89. The van der Waals surface area contributed by atoms with E-state index in [1.807, 2.05) is 0 Å². The molecule has 0 amide bonds. The van der Waals surface area contributed by atoms with Crippen LogP contribution in [0, 0.1) is 16.7 Å². The van der Waals surface area contributed by atoms with Crippen molar-refractivity contribution >= 4 is 0 Å². The first-order valence-electron chi connectivity index (χ1n) is 4.16. The van der Waals surface area contributed by atoms with E-state index in [1.165, 1.54) is 0 Å². The summed E-state index contributed by atoms with van der Waals surface area (Å²) in [6, 6.07) is 0. The Hall–Kier alpha value is -0.300. The van der Waals surface area contributed by atoms with Crippen LogP contribution in [-0.2, 0) is 0 Å². The summed E-state index contributed by atoms with van der Waals surface area (Å²) < 4.78 is 0. The third-order valence-electron chi connectivity index (χ3n) is 3.72. The number of aliphatic hydroxyl groups excluding tert-OH is 1. The summed E-state index contributed by atoms with van der Waals surface area (Å²) in [5.74, 6) is 0.382. The molecule has 0 aromatic carbocycles. The van der Waals surface area contributed by atoms with Crippen molar-refractivity contribution in [1.29, 1.82) is 0 Å². The van der Waals surface area contributed by atoms with Gasteiger partial charge in [0.25, 0.3) is 0 Å². The van der Waals surface area contributed by atoms with Gasteiger partial charge in [0.15, 0.2) is 0 Å². The van der Waals surface area contributed by atoms with Gasteiger partial charge in [0, 0.05) is 0 Å². The van der Waals surface area contributed by atoms with E-state index in [9.17, 15) is 5.11 Å². The van der Waals surface area contributed by atoms with Crippen LogP contribution in [0.4, 0.5) is 0 Å². The van der Waals surface area contributed by atoms with E-state index in [4.69, 9.17) is 0 Å². The Labute approximate surface area is 69.1 Å². The van der Waals surface area contributed by atoms with Gasteiger partial charge >= 0.3 is 0 Å². The van der Waals surface area contributed by atoms with Crippen molar-refractivity contribution in [2.45, 2.75) is 33.8 Å². The highest BCUT2D eigenvalue weighted by Crippen LogP contribution is 2.69. The second-order valence-corrected chi connectivity index (χ2v) is 4.65. The minimum Gasteiger partial charge on any atom is -0.389 e. The standard InChI is InChI=1S/C10H18O/c1-6-7(11)8-9(2,3)10(8,4)5/h6-8,11H,1H2,2-5H3. The van der Waals surface area contributed by atoms with Crippen molar-refractivity contribution in [2.75, 3.05) is 0 Å². The number of hydrogen-bond acceptors (Lipinski definition) is 1. The molecule has 1 fully saturated rings. The first kappa shape index (κ1) is 8.79. The maximum atomic E-state index is 9.55. The van der Waals surface area contributed by atoms with Gasteiger partial charge in [0.2, 0.25) is 0 Å². The van der Waals surface area contributed by atoms with Crippen LogP contribution in [0.5, 0.6) is 0 Å². The molecular formula is C10H18O. The number of rotatable bonds is 2. The molecule has 1 nitrogen and oxygen atoms in total. The van der Waals surface area contributed by atoms with E-state index in [-0.39, 0.29) is 16.9 Å². The fourth-order valence-electron chi connectivity index (χ4n) is 2.24. The molecule has 11 heavy (non-hydrogen) atoms. The lowest BCUT2D eigenvalue weighted by molar-refractivity contribution is 0.176. The second-order valence-electron chi connectivity index (χ2n) is 4.65. The molecule has 1 aliphatic carbocycles. The van der Waals surface area contributed by atoms with Crippen LogP contribution < -0.4 is 0 Å². The van der Waals surface area contributed by atoms with E-state index in [1.54, 1.807) is 6.08 Å². The van der Waals surface area contributed by atoms with Gasteiger partial charge in [-0.15, -0.1) is 6.58 Å². The Morgan fingerprint density at radius 3 is 1.73 bits per heavy atom. The maximum absolute atomic E-state index is 9.55. The molecule has 1 saturated carbocycles. The average Bonchev–Trinajstić information content (AvgIpc) is 2.24. The third-order valence-corrected chi connectivity index (χ3v) is 3.72. The molecule has 1 heteroatoms. The van der Waals surface area contributed by atoms with Crippen LogP contribution in [-0.4, -0.2) is 11.2 Å². The molecule has 0 aromatic heterocycles. The lowest BCUT2D eigenvalue weighted by Crippen LogP contribution is -2.09. The fourth-order valence-corrected chi connectivity index (χ4v) is 2.24. The lowest BCUT2D eigenvalue weighted by atomic mass is 10.0. The van der Waals surface area contributed by atoms with Crippen molar-refractivity contribution in [3.05, 3.63) is 12.7 Å². The van der Waals surface area contributed by atoms with E-state index >= 15 is 0 Å². The van der Waals surface area contributed by atoms with E-state index in [0.717, 1.165) is 0 Å². The average molecular weight is 154 g/mol. The molecule has 0 heterocycles. The summed E-state index contributed by atoms with van der Waals surface area (Å²) in [7, 11) is 0. The Morgan fingerprint density at radius 1 is 1.27 bits per heavy atom. The number of hydrogen-bond donors (Lipinski definition) is 1. The monoisotopic (exact) mass is 154 g/mol. The first-order valence-corrected chi connectivity index (χ1v) is 4.16. The van der Waals surface area contributed by atoms with Crippen molar-refractivity contribution in [3.8, 4) is 0 Å². The van der Waals surface area contributed by atoms with Gasteiger partial charge < -0.3 is 5.11 Å². The predicted octanol–water partition coefficient (Wildman–Crippen LogP) is 2.22. The minimum absolute atomic E-state index is 0.264. The van der Waals surface area contributed by atoms with Gasteiger partial charge in [0.1, 0.15) is 0 Å². The largest absolute Gasteiger partial charge is 0.389 e. The normalized spacial score (nSPS) is 29.5. The van der Waals surface area contributed by atoms with Gasteiger partial charge in [-0.25, -0.2) is 0 Å². The molecule has 0 saturated heterocycles. The summed E-state index contributed by atoms with van der Waals surface area (Å²) in [4.78, 5) is 0. The van der Waals surface area contributed by atoms with Crippen LogP contribution in [0.3, 0.4) is 0 Å². The molecule has 0 radical (unpaired) electrons. The molecule has 64 valence electrons. The Morgan fingerprint density at radius 2 is 1.64 bits per heavy atom. The van der Waals surface area contributed by atoms with Crippen LogP contribution in [0.25, 0.3) is 0 Å².